The predicted octanol–water partition coefficient (Wildman–Crippen LogP) is 2.70. The van der Waals surface area contributed by atoms with Crippen LogP contribution in [0.5, 0.6) is 0 Å². The minimum atomic E-state index is -2.94. The summed E-state index contributed by atoms with van der Waals surface area (Å²) in [5, 5.41) is 8.73. The quantitative estimate of drug-likeness (QED) is 0.759. The molecule has 3 heterocycles. The second-order valence-corrected chi connectivity index (χ2v) is 10.9. The summed E-state index contributed by atoms with van der Waals surface area (Å²) >= 11 is 0. The maximum absolute atomic E-state index is 12.5. The minimum Gasteiger partial charge on any atom is -0.345 e. The lowest BCUT2D eigenvalue weighted by Crippen LogP contribution is -2.19. The number of hydrogen-bond acceptors (Lipinski definition) is 5. The van der Waals surface area contributed by atoms with Crippen molar-refractivity contribution in [2.45, 2.75) is 50.7 Å². The molecule has 0 radical (unpaired) electrons. The summed E-state index contributed by atoms with van der Waals surface area (Å²) in [6, 6.07) is 1.99. The molecular weight excluding hydrogens is 350 g/mol. The number of fused-ring (bicyclic) bond motifs is 3. The monoisotopic (exact) mass is 373 g/mol. The Bertz CT molecular complexity index is 1090. The van der Waals surface area contributed by atoms with Crippen molar-refractivity contribution in [3.8, 4) is 0 Å². The lowest BCUT2D eigenvalue weighted by atomic mass is 9.81. The average molecular weight is 373 g/mol. The van der Waals surface area contributed by atoms with Crippen LogP contribution in [0.2, 0.25) is 0 Å². The second kappa shape index (κ2) is 5.28. The van der Waals surface area contributed by atoms with E-state index in [0.717, 1.165) is 48.3 Å². The molecule has 0 aliphatic heterocycles. The highest BCUT2D eigenvalue weighted by Gasteiger charge is 2.46. The Morgan fingerprint density at radius 1 is 1.31 bits per heavy atom. The molecule has 2 fully saturated rings. The third-order valence-corrected chi connectivity index (χ3v) is 8.53. The highest BCUT2D eigenvalue weighted by molar-refractivity contribution is 7.92. The molecular formula is C18H23N5O2S. The van der Waals surface area contributed by atoms with E-state index in [9.17, 15) is 8.42 Å². The number of rotatable bonds is 4. The molecule has 138 valence electrons. The van der Waals surface area contributed by atoms with Gasteiger partial charge in [0, 0.05) is 12.1 Å². The SMILES string of the molecule is CC1(C)C[C@@H](CS(=O)(=O)C2CC2)C[C@H]1c1nnc2cnc3[nH]ccc3n12. The van der Waals surface area contributed by atoms with Gasteiger partial charge in [0.2, 0.25) is 0 Å². The largest absolute Gasteiger partial charge is 0.345 e. The molecule has 0 aromatic carbocycles. The van der Waals surface area contributed by atoms with Gasteiger partial charge in [-0.05, 0) is 43.1 Å². The maximum Gasteiger partial charge on any atom is 0.179 e. The predicted molar refractivity (Wildman–Crippen MR) is 98.7 cm³/mol. The fourth-order valence-corrected chi connectivity index (χ4v) is 6.76. The first-order chi connectivity index (χ1) is 12.4. The Morgan fingerprint density at radius 3 is 2.88 bits per heavy atom. The average Bonchev–Trinajstić information content (AvgIpc) is 3.07. The van der Waals surface area contributed by atoms with Crippen LogP contribution in [0, 0.1) is 11.3 Å². The minimum absolute atomic E-state index is 0.0153. The summed E-state index contributed by atoms with van der Waals surface area (Å²) < 4.78 is 27.0. The van der Waals surface area contributed by atoms with Crippen LogP contribution in [0.1, 0.15) is 51.3 Å². The lowest BCUT2D eigenvalue weighted by Gasteiger charge is -2.25. The Balaban J connectivity index is 1.53. The standard InChI is InChI=1S/C18H23N5O2S/c1-18(2)8-11(10-26(24,25)12-3-4-12)7-13(18)17-22-21-15-9-20-16-14(23(15)17)5-6-19-16/h5-6,9,11-13,19H,3-4,7-8,10H2,1-2H3/t11-,13-/m0/s1. The van der Waals surface area contributed by atoms with Gasteiger partial charge in [-0.25, -0.2) is 13.4 Å². The first kappa shape index (κ1) is 16.2. The molecule has 26 heavy (non-hydrogen) atoms. The zero-order valence-electron chi connectivity index (χ0n) is 15.0. The number of aromatic amines is 1. The van der Waals surface area contributed by atoms with E-state index in [-0.39, 0.29) is 22.5 Å². The Kier molecular flexibility index (Phi) is 3.30. The highest BCUT2D eigenvalue weighted by atomic mass is 32.2. The van der Waals surface area contributed by atoms with Crippen LogP contribution in [0.25, 0.3) is 16.8 Å². The summed E-state index contributed by atoms with van der Waals surface area (Å²) in [5.41, 5.74) is 2.49. The third-order valence-electron chi connectivity index (χ3n) is 6.11. The fourth-order valence-electron chi connectivity index (χ4n) is 4.72. The van der Waals surface area contributed by atoms with Crippen LogP contribution in [0.3, 0.4) is 0 Å². The van der Waals surface area contributed by atoms with Gasteiger partial charge in [-0.1, -0.05) is 13.8 Å². The van der Waals surface area contributed by atoms with Gasteiger partial charge in [-0.15, -0.1) is 10.2 Å². The number of nitrogens with zero attached hydrogens (tertiary/aromatic N) is 4. The van der Waals surface area contributed by atoms with Gasteiger partial charge in [0.25, 0.3) is 0 Å². The zero-order chi connectivity index (χ0) is 18.1. The van der Waals surface area contributed by atoms with Crippen molar-refractivity contribution in [2.75, 3.05) is 5.75 Å². The van der Waals surface area contributed by atoms with E-state index in [1.54, 1.807) is 6.20 Å². The van der Waals surface area contributed by atoms with Crippen LogP contribution >= 0.6 is 0 Å². The number of hydrogen-bond donors (Lipinski definition) is 1. The number of sulfone groups is 1. The van der Waals surface area contributed by atoms with Crippen molar-refractivity contribution in [1.82, 2.24) is 24.6 Å². The van der Waals surface area contributed by atoms with Crippen molar-refractivity contribution in [3.05, 3.63) is 24.3 Å². The van der Waals surface area contributed by atoms with Crippen molar-refractivity contribution in [2.24, 2.45) is 11.3 Å². The molecule has 2 saturated carbocycles. The lowest BCUT2D eigenvalue weighted by molar-refractivity contribution is 0.316. The number of H-pyrrole nitrogens is 1. The number of aromatic nitrogens is 5. The topological polar surface area (TPSA) is 93.0 Å². The summed E-state index contributed by atoms with van der Waals surface area (Å²) in [7, 11) is -2.94. The van der Waals surface area contributed by atoms with Gasteiger partial charge < -0.3 is 4.98 Å². The molecule has 7 nitrogen and oxygen atoms in total. The van der Waals surface area contributed by atoms with Gasteiger partial charge in [0.15, 0.2) is 21.1 Å². The van der Waals surface area contributed by atoms with Crippen LogP contribution < -0.4 is 0 Å². The molecule has 0 amide bonds. The molecule has 2 aliphatic rings. The Labute approximate surface area is 152 Å². The second-order valence-electron chi connectivity index (χ2n) is 8.60. The first-order valence-corrected chi connectivity index (χ1v) is 11.0. The smallest absolute Gasteiger partial charge is 0.179 e. The molecule has 3 aromatic heterocycles. The van der Waals surface area contributed by atoms with Gasteiger partial charge in [0.05, 0.1) is 22.7 Å². The van der Waals surface area contributed by atoms with E-state index >= 15 is 0 Å². The molecule has 0 spiro atoms. The summed E-state index contributed by atoms with van der Waals surface area (Å²) in [4.78, 5) is 7.51. The van der Waals surface area contributed by atoms with Gasteiger partial charge in [-0.2, -0.15) is 0 Å². The van der Waals surface area contributed by atoms with Gasteiger partial charge >= 0.3 is 0 Å². The Morgan fingerprint density at radius 2 is 2.12 bits per heavy atom. The molecule has 5 rings (SSSR count). The third kappa shape index (κ3) is 2.46. The first-order valence-electron chi connectivity index (χ1n) is 9.24. The van der Waals surface area contributed by atoms with Crippen LogP contribution in [0.4, 0.5) is 0 Å². The molecule has 0 bridgehead atoms. The molecule has 1 N–H and O–H groups in total. The zero-order valence-corrected chi connectivity index (χ0v) is 15.8. The molecule has 2 aliphatic carbocycles. The van der Waals surface area contributed by atoms with E-state index in [4.69, 9.17) is 0 Å². The molecule has 0 unspecified atom stereocenters. The normalized spacial score (nSPS) is 26.1. The van der Waals surface area contributed by atoms with Crippen molar-refractivity contribution < 1.29 is 8.42 Å². The Hall–Kier alpha value is -1.96. The number of nitrogens with one attached hydrogen (secondary N) is 1. The van der Waals surface area contributed by atoms with E-state index in [1.807, 2.05) is 12.3 Å². The van der Waals surface area contributed by atoms with Crippen LogP contribution in [-0.2, 0) is 9.84 Å². The van der Waals surface area contributed by atoms with Crippen LogP contribution in [-0.4, -0.2) is 44.0 Å². The molecule has 2 atom stereocenters. The summed E-state index contributed by atoms with van der Waals surface area (Å²) in [6.45, 7) is 4.44. The van der Waals surface area contributed by atoms with Gasteiger partial charge in [-0.3, -0.25) is 4.40 Å². The molecule has 8 heteroatoms. The summed E-state index contributed by atoms with van der Waals surface area (Å²) in [6.07, 6.45) is 7.02. The van der Waals surface area contributed by atoms with E-state index in [1.165, 1.54) is 0 Å². The van der Waals surface area contributed by atoms with Crippen molar-refractivity contribution in [3.63, 3.8) is 0 Å². The van der Waals surface area contributed by atoms with Crippen molar-refractivity contribution >= 4 is 26.6 Å². The maximum atomic E-state index is 12.5. The molecule has 0 saturated heterocycles. The van der Waals surface area contributed by atoms with E-state index < -0.39 is 9.84 Å². The van der Waals surface area contributed by atoms with Gasteiger partial charge in [0.1, 0.15) is 5.82 Å². The van der Waals surface area contributed by atoms with E-state index in [0.29, 0.717) is 5.75 Å². The summed E-state index contributed by atoms with van der Waals surface area (Å²) in [5.74, 6) is 1.60. The van der Waals surface area contributed by atoms with E-state index in [2.05, 4.69) is 38.4 Å². The van der Waals surface area contributed by atoms with Crippen LogP contribution in [0.15, 0.2) is 18.5 Å². The fraction of sp³-hybridized carbons (Fsp3) is 0.611. The highest BCUT2D eigenvalue weighted by Crippen LogP contribution is 2.52. The van der Waals surface area contributed by atoms with Crippen molar-refractivity contribution in [1.29, 1.82) is 0 Å². The molecule has 3 aromatic rings.